The third-order valence-corrected chi connectivity index (χ3v) is 5.62. The third-order valence-electron chi connectivity index (χ3n) is 5.62. The van der Waals surface area contributed by atoms with Crippen LogP contribution in [0.4, 0.5) is 4.79 Å². The minimum absolute atomic E-state index is 0.109. The second-order valence-corrected chi connectivity index (χ2v) is 8.00. The highest BCUT2D eigenvalue weighted by Gasteiger charge is 2.42. The summed E-state index contributed by atoms with van der Waals surface area (Å²) in [5.41, 5.74) is 5.19. The molecule has 0 radical (unpaired) electrons. The van der Waals surface area contributed by atoms with E-state index >= 15 is 0 Å². The van der Waals surface area contributed by atoms with Crippen LogP contribution in [-0.4, -0.2) is 71.8 Å². The zero-order valence-corrected chi connectivity index (χ0v) is 17.1. The van der Waals surface area contributed by atoms with Gasteiger partial charge in [-0.25, -0.2) is 4.79 Å². The number of nitrogens with one attached hydrogen (secondary N) is 2. The molecule has 2 fully saturated rings. The van der Waals surface area contributed by atoms with E-state index in [-0.39, 0.29) is 37.3 Å². The molecule has 2 unspecified atom stereocenters. The van der Waals surface area contributed by atoms with E-state index in [0.29, 0.717) is 0 Å². The number of nitrogens with zero attached hydrogens (tertiary/aromatic N) is 2. The second-order valence-electron chi connectivity index (χ2n) is 8.00. The Labute approximate surface area is 175 Å². The summed E-state index contributed by atoms with van der Waals surface area (Å²) >= 11 is 0. The quantitative estimate of drug-likeness (QED) is 0.614. The predicted molar refractivity (Wildman–Crippen MR) is 107 cm³/mol. The molecule has 2 heterocycles. The van der Waals surface area contributed by atoms with E-state index in [1.54, 1.807) is 6.07 Å². The summed E-state index contributed by atoms with van der Waals surface area (Å²) in [6.45, 7) is -0.0865. The lowest BCUT2D eigenvalue weighted by Gasteiger charge is -2.26. The first kappa shape index (κ1) is 21.7. The molecule has 10 nitrogen and oxygen atoms in total. The fourth-order valence-electron chi connectivity index (χ4n) is 4.17. The molecule has 164 valence electrons. The minimum atomic E-state index is -0.827. The molecule has 0 spiro atoms. The van der Waals surface area contributed by atoms with Crippen molar-refractivity contribution in [2.45, 2.75) is 56.7 Å². The number of furan rings is 1. The van der Waals surface area contributed by atoms with E-state index in [9.17, 15) is 19.2 Å². The number of amides is 5. The molecule has 1 aliphatic carbocycles. The maximum Gasteiger partial charge on any atom is 0.315 e. The van der Waals surface area contributed by atoms with Crippen LogP contribution in [0.25, 0.3) is 0 Å². The molecule has 1 aromatic rings. The normalized spacial score (nSPS) is 21.8. The van der Waals surface area contributed by atoms with Crippen molar-refractivity contribution < 1.29 is 23.6 Å². The van der Waals surface area contributed by atoms with E-state index in [0.717, 1.165) is 25.7 Å². The molecule has 0 bridgehead atoms. The van der Waals surface area contributed by atoms with Gasteiger partial charge < -0.3 is 30.6 Å². The van der Waals surface area contributed by atoms with Gasteiger partial charge in [0.2, 0.25) is 11.8 Å². The van der Waals surface area contributed by atoms with Gasteiger partial charge in [-0.2, -0.15) is 0 Å². The number of nitrogens with two attached hydrogens (primary N) is 1. The average molecular weight is 419 g/mol. The molecular formula is C20H29N5O5. The van der Waals surface area contributed by atoms with Crippen molar-refractivity contribution in [1.82, 2.24) is 20.4 Å². The van der Waals surface area contributed by atoms with Gasteiger partial charge in [0.25, 0.3) is 5.91 Å². The average Bonchev–Trinajstić information content (AvgIpc) is 3.37. The highest BCUT2D eigenvalue weighted by Crippen LogP contribution is 2.23. The highest BCUT2D eigenvalue weighted by atomic mass is 16.3. The summed E-state index contributed by atoms with van der Waals surface area (Å²) in [4.78, 5) is 51.9. The van der Waals surface area contributed by atoms with E-state index in [2.05, 4.69) is 10.6 Å². The van der Waals surface area contributed by atoms with Crippen LogP contribution in [0.1, 0.15) is 49.1 Å². The summed E-state index contributed by atoms with van der Waals surface area (Å²) < 4.78 is 5.19. The zero-order chi connectivity index (χ0) is 21.7. The van der Waals surface area contributed by atoms with E-state index in [4.69, 9.17) is 10.2 Å². The van der Waals surface area contributed by atoms with Gasteiger partial charge in [0, 0.05) is 19.6 Å². The van der Waals surface area contributed by atoms with Crippen molar-refractivity contribution in [1.29, 1.82) is 0 Å². The Morgan fingerprint density at radius 1 is 1.17 bits per heavy atom. The van der Waals surface area contributed by atoms with Crippen LogP contribution in [0.15, 0.2) is 22.8 Å². The lowest BCUT2D eigenvalue weighted by molar-refractivity contribution is -0.137. The zero-order valence-electron chi connectivity index (χ0n) is 17.1. The maximum absolute atomic E-state index is 12.9. The van der Waals surface area contributed by atoms with Crippen LogP contribution < -0.4 is 16.4 Å². The molecule has 1 saturated heterocycles. The Morgan fingerprint density at radius 2 is 1.87 bits per heavy atom. The minimum Gasteiger partial charge on any atom is -0.459 e. The van der Waals surface area contributed by atoms with Gasteiger partial charge in [0.05, 0.1) is 18.8 Å². The smallest absolute Gasteiger partial charge is 0.315 e. The molecule has 30 heavy (non-hydrogen) atoms. The van der Waals surface area contributed by atoms with E-state index < -0.39 is 29.8 Å². The van der Waals surface area contributed by atoms with Gasteiger partial charge >= 0.3 is 6.03 Å². The van der Waals surface area contributed by atoms with Crippen molar-refractivity contribution in [3.63, 3.8) is 0 Å². The summed E-state index contributed by atoms with van der Waals surface area (Å²) in [7, 11) is 1.46. The first-order chi connectivity index (χ1) is 14.3. The first-order valence-corrected chi connectivity index (χ1v) is 10.3. The molecule has 2 aliphatic rings. The molecular weight excluding hydrogens is 390 g/mol. The lowest BCUT2D eigenvalue weighted by Crippen LogP contribution is -2.48. The molecule has 1 aromatic heterocycles. The van der Waals surface area contributed by atoms with Gasteiger partial charge in [-0.3, -0.25) is 14.4 Å². The number of carbonyl (C=O) groups excluding carboxylic acids is 4. The molecule has 5 amide bonds. The predicted octanol–water partition coefficient (Wildman–Crippen LogP) is 0.438. The fourth-order valence-corrected chi connectivity index (χ4v) is 4.17. The maximum atomic E-state index is 12.9. The Balaban J connectivity index is 1.67. The number of rotatable bonds is 6. The Hall–Kier alpha value is -3.04. The van der Waals surface area contributed by atoms with Crippen molar-refractivity contribution in [2.24, 2.45) is 5.73 Å². The van der Waals surface area contributed by atoms with Gasteiger partial charge in [-0.1, -0.05) is 19.3 Å². The van der Waals surface area contributed by atoms with E-state index in [1.807, 2.05) is 0 Å². The first-order valence-electron chi connectivity index (χ1n) is 10.3. The molecule has 1 saturated carbocycles. The number of hydrogen-bond donors (Lipinski definition) is 3. The lowest BCUT2D eigenvalue weighted by atomic mass is 9.96. The number of likely N-dealkylation sites (tertiary alicyclic amines) is 1. The fraction of sp³-hybridized carbons (Fsp3) is 0.600. The summed E-state index contributed by atoms with van der Waals surface area (Å²) in [6.07, 6.45) is 6.93. The number of urea groups is 1. The van der Waals surface area contributed by atoms with Crippen LogP contribution in [0.3, 0.4) is 0 Å². The van der Waals surface area contributed by atoms with Crippen molar-refractivity contribution in [2.75, 3.05) is 20.1 Å². The number of likely N-dealkylation sites (N-methyl/N-ethyl adjacent to an activating group) is 1. The van der Waals surface area contributed by atoms with Crippen LogP contribution in [0.2, 0.25) is 0 Å². The van der Waals surface area contributed by atoms with E-state index in [1.165, 1.54) is 35.6 Å². The number of carbonyl (C=O) groups is 4. The largest absolute Gasteiger partial charge is 0.459 e. The molecule has 4 N–H and O–H groups in total. The highest BCUT2D eigenvalue weighted by molar-refractivity contribution is 5.96. The number of hydrogen-bond acceptors (Lipinski definition) is 5. The van der Waals surface area contributed by atoms with Crippen molar-refractivity contribution in [3.05, 3.63) is 24.2 Å². The second kappa shape index (κ2) is 9.64. The summed E-state index contributed by atoms with van der Waals surface area (Å²) in [5.74, 6) is -1.39. The van der Waals surface area contributed by atoms with Crippen LogP contribution in [-0.2, 0) is 9.59 Å². The standard InChI is InChI=1S/C20H29N5O5/c1-24(12-17(21)26)18(27)15-10-14(11-25(15)19(28)16-8-5-9-30-16)23-20(29)22-13-6-3-2-4-7-13/h5,8-9,13-15H,2-4,6-7,10-12H2,1H3,(H2,21,26)(H2,22,23,29). The third kappa shape index (κ3) is 5.31. The van der Waals surface area contributed by atoms with Crippen LogP contribution in [0.5, 0.6) is 0 Å². The molecule has 1 aliphatic heterocycles. The van der Waals surface area contributed by atoms with Crippen molar-refractivity contribution >= 4 is 23.8 Å². The van der Waals surface area contributed by atoms with Crippen LogP contribution >= 0.6 is 0 Å². The SMILES string of the molecule is CN(CC(N)=O)C(=O)C1CC(NC(=O)NC2CCCCC2)CN1C(=O)c1ccco1. The topological polar surface area (TPSA) is 138 Å². The van der Waals surface area contributed by atoms with Gasteiger partial charge in [0.1, 0.15) is 6.04 Å². The molecule has 0 aromatic carbocycles. The van der Waals surface area contributed by atoms with Crippen molar-refractivity contribution in [3.8, 4) is 0 Å². The molecule has 3 rings (SSSR count). The summed E-state index contributed by atoms with van der Waals surface area (Å²) in [6, 6.07) is 1.74. The Kier molecular flexibility index (Phi) is 6.96. The molecule has 10 heteroatoms. The Bertz CT molecular complexity index is 775. The monoisotopic (exact) mass is 419 g/mol. The van der Waals surface area contributed by atoms with Gasteiger partial charge in [-0.15, -0.1) is 0 Å². The number of primary amides is 1. The Morgan fingerprint density at radius 3 is 2.50 bits per heavy atom. The van der Waals surface area contributed by atoms with Crippen LogP contribution in [0, 0.1) is 0 Å². The van der Waals surface area contributed by atoms with Gasteiger partial charge in [-0.05, 0) is 31.4 Å². The summed E-state index contributed by atoms with van der Waals surface area (Å²) in [5, 5.41) is 5.87. The molecule has 2 atom stereocenters. The van der Waals surface area contributed by atoms with Gasteiger partial charge in [0.15, 0.2) is 5.76 Å².